The van der Waals surface area contributed by atoms with E-state index in [0.717, 1.165) is 0 Å². The minimum atomic E-state index is -0.146. The van der Waals surface area contributed by atoms with E-state index >= 15 is 0 Å². The second-order valence-corrected chi connectivity index (χ2v) is 4.22. The Morgan fingerprint density at radius 3 is 2.47 bits per heavy atom. The number of esters is 1. The minimum absolute atomic E-state index is 0.0659. The largest absolute Gasteiger partial charge is 0.466 e. The predicted octanol–water partition coefficient (Wildman–Crippen LogP) is 1.50. The molecule has 1 rings (SSSR count). The summed E-state index contributed by atoms with van der Waals surface area (Å²) in [5.41, 5.74) is 0.627. The Morgan fingerprint density at radius 1 is 1.41 bits per heavy atom. The van der Waals surface area contributed by atoms with Gasteiger partial charge in [-0.1, -0.05) is 6.58 Å². The number of carbonyl (C=O) groups excluding carboxylic acids is 2. The summed E-state index contributed by atoms with van der Waals surface area (Å²) in [6.45, 7) is 8.75. The van der Waals surface area contributed by atoms with Crippen LogP contribution in [0.15, 0.2) is 12.3 Å². The van der Waals surface area contributed by atoms with Crippen LogP contribution in [0, 0.1) is 5.92 Å². The number of nitrogens with one attached hydrogen (secondary N) is 1. The van der Waals surface area contributed by atoms with Crippen molar-refractivity contribution in [2.24, 2.45) is 5.92 Å². The van der Waals surface area contributed by atoms with Gasteiger partial charge < -0.3 is 15.0 Å². The Labute approximate surface area is 102 Å². The number of nitrogens with zero attached hydrogens (tertiary/aromatic N) is 1. The molecular formula is C12H20N2O3. The van der Waals surface area contributed by atoms with Crippen LogP contribution in [0.25, 0.3) is 0 Å². The molecule has 0 bridgehead atoms. The minimum Gasteiger partial charge on any atom is -0.466 e. The summed E-state index contributed by atoms with van der Waals surface area (Å²) in [6, 6.07) is -0.139. The van der Waals surface area contributed by atoms with Crippen molar-refractivity contribution in [1.82, 2.24) is 10.2 Å². The first-order valence-corrected chi connectivity index (χ1v) is 5.92. The fourth-order valence-corrected chi connectivity index (χ4v) is 1.84. The number of hydrogen-bond donors (Lipinski definition) is 1. The molecule has 0 aliphatic carbocycles. The Kier molecular flexibility index (Phi) is 5.00. The van der Waals surface area contributed by atoms with E-state index in [9.17, 15) is 9.59 Å². The van der Waals surface area contributed by atoms with Crippen LogP contribution >= 0.6 is 0 Å². The van der Waals surface area contributed by atoms with Crippen LogP contribution in [-0.4, -0.2) is 36.6 Å². The van der Waals surface area contributed by atoms with Gasteiger partial charge >= 0.3 is 12.0 Å². The molecule has 0 aromatic rings. The fourth-order valence-electron chi connectivity index (χ4n) is 1.84. The summed E-state index contributed by atoms with van der Waals surface area (Å²) in [6.07, 6.45) is 1.34. The number of piperidine rings is 1. The van der Waals surface area contributed by atoms with Gasteiger partial charge in [0.05, 0.1) is 12.5 Å². The molecule has 1 saturated heterocycles. The van der Waals surface area contributed by atoms with E-state index in [4.69, 9.17) is 4.74 Å². The Hall–Kier alpha value is -1.52. The average molecular weight is 240 g/mol. The van der Waals surface area contributed by atoms with Crippen molar-refractivity contribution in [3.8, 4) is 0 Å². The molecule has 0 aromatic carbocycles. The third kappa shape index (κ3) is 4.09. The zero-order chi connectivity index (χ0) is 12.8. The maximum absolute atomic E-state index is 11.6. The third-order valence-electron chi connectivity index (χ3n) is 2.72. The third-order valence-corrected chi connectivity index (χ3v) is 2.72. The van der Waals surface area contributed by atoms with E-state index in [0.29, 0.717) is 38.2 Å². The van der Waals surface area contributed by atoms with E-state index in [1.165, 1.54) is 0 Å². The number of carbonyl (C=O) groups is 2. The number of ether oxygens (including phenoxy) is 1. The summed E-state index contributed by atoms with van der Waals surface area (Å²) in [7, 11) is 0. The molecule has 17 heavy (non-hydrogen) atoms. The first kappa shape index (κ1) is 13.5. The van der Waals surface area contributed by atoms with Crippen molar-refractivity contribution < 1.29 is 14.3 Å². The Morgan fingerprint density at radius 2 is 2.00 bits per heavy atom. The summed E-state index contributed by atoms with van der Waals surface area (Å²) < 4.78 is 4.97. The van der Waals surface area contributed by atoms with Crippen molar-refractivity contribution in [3.05, 3.63) is 12.3 Å². The first-order valence-electron chi connectivity index (χ1n) is 5.92. The molecule has 0 aromatic heterocycles. The molecule has 0 saturated carbocycles. The molecule has 1 N–H and O–H groups in total. The van der Waals surface area contributed by atoms with Crippen molar-refractivity contribution in [2.45, 2.75) is 26.7 Å². The SMILES string of the molecule is C=C(C)NC(=O)N1CCC(C(=O)OCC)CC1. The Bertz CT molecular complexity index is 307. The molecule has 96 valence electrons. The van der Waals surface area contributed by atoms with Gasteiger partial charge in [-0.2, -0.15) is 0 Å². The molecular weight excluding hydrogens is 220 g/mol. The van der Waals surface area contributed by atoms with Crippen molar-refractivity contribution in [2.75, 3.05) is 19.7 Å². The van der Waals surface area contributed by atoms with Gasteiger partial charge in [0.15, 0.2) is 0 Å². The van der Waals surface area contributed by atoms with Crippen LogP contribution in [0.3, 0.4) is 0 Å². The molecule has 5 nitrogen and oxygen atoms in total. The second-order valence-electron chi connectivity index (χ2n) is 4.22. The summed E-state index contributed by atoms with van der Waals surface area (Å²) in [4.78, 5) is 24.8. The highest BCUT2D eigenvalue weighted by Crippen LogP contribution is 2.18. The van der Waals surface area contributed by atoms with Crippen molar-refractivity contribution in [3.63, 3.8) is 0 Å². The zero-order valence-electron chi connectivity index (χ0n) is 10.5. The van der Waals surface area contributed by atoms with Gasteiger partial charge in [-0.05, 0) is 26.7 Å². The van der Waals surface area contributed by atoms with Gasteiger partial charge in [0.1, 0.15) is 0 Å². The maximum atomic E-state index is 11.6. The molecule has 0 unspecified atom stereocenters. The maximum Gasteiger partial charge on any atom is 0.321 e. The lowest BCUT2D eigenvalue weighted by molar-refractivity contribution is -0.149. The molecule has 1 aliphatic rings. The monoisotopic (exact) mass is 240 g/mol. The van der Waals surface area contributed by atoms with E-state index in [1.54, 1.807) is 18.7 Å². The second kappa shape index (κ2) is 6.27. The summed E-state index contributed by atoms with van der Waals surface area (Å²) in [5.74, 6) is -0.212. The molecule has 5 heteroatoms. The number of allylic oxidation sites excluding steroid dienone is 1. The van der Waals surface area contributed by atoms with E-state index in [1.807, 2.05) is 0 Å². The highest BCUT2D eigenvalue weighted by Gasteiger charge is 2.27. The fraction of sp³-hybridized carbons (Fsp3) is 0.667. The van der Waals surface area contributed by atoms with Crippen molar-refractivity contribution >= 4 is 12.0 Å². The Balaban J connectivity index is 2.37. The van der Waals surface area contributed by atoms with Gasteiger partial charge in [-0.25, -0.2) is 4.79 Å². The average Bonchev–Trinajstić information content (AvgIpc) is 2.28. The van der Waals surface area contributed by atoms with Crippen molar-refractivity contribution in [1.29, 1.82) is 0 Å². The number of rotatable bonds is 3. The normalized spacial score (nSPS) is 16.5. The van der Waals surface area contributed by atoms with E-state index in [2.05, 4.69) is 11.9 Å². The molecule has 1 heterocycles. The summed E-state index contributed by atoms with van der Waals surface area (Å²) >= 11 is 0. The van der Waals surface area contributed by atoms with Crippen LogP contribution < -0.4 is 5.32 Å². The highest BCUT2D eigenvalue weighted by molar-refractivity contribution is 5.77. The molecule has 1 fully saturated rings. The highest BCUT2D eigenvalue weighted by atomic mass is 16.5. The number of urea groups is 1. The first-order chi connectivity index (χ1) is 8.04. The zero-order valence-corrected chi connectivity index (χ0v) is 10.5. The van der Waals surface area contributed by atoms with Crippen LogP contribution in [0.2, 0.25) is 0 Å². The van der Waals surface area contributed by atoms with Gasteiger partial charge in [0.2, 0.25) is 0 Å². The van der Waals surface area contributed by atoms with E-state index in [-0.39, 0.29) is 17.9 Å². The molecule has 0 atom stereocenters. The molecule has 2 amide bonds. The van der Waals surface area contributed by atoms with Gasteiger partial charge in [-0.15, -0.1) is 0 Å². The van der Waals surface area contributed by atoms with Crippen LogP contribution in [0.1, 0.15) is 26.7 Å². The smallest absolute Gasteiger partial charge is 0.321 e. The molecule has 1 aliphatic heterocycles. The van der Waals surface area contributed by atoms with Crippen LogP contribution in [0.4, 0.5) is 4.79 Å². The molecule has 0 spiro atoms. The lowest BCUT2D eigenvalue weighted by Crippen LogP contribution is -2.45. The van der Waals surface area contributed by atoms with Gasteiger partial charge in [0.25, 0.3) is 0 Å². The number of likely N-dealkylation sites (tertiary alicyclic amines) is 1. The standard InChI is InChI=1S/C12H20N2O3/c1-4-17-11(15)10-5-7-14(8-6-10)12(16)13-9(2)3/h10H,2,4-8H2,1,3H3,(H,13,16). The molecule has 0 radical (unpaired) electrons. The van der Waals surface area contributed by atoms with Gasteiger partial charge in [0, 0.05) is 18.8 Å². The topological polar surface area (TPSA) is 58.6 Å². The van der Waals surface area contributed by atoms with Gasteiger partial charge in [-0.3, -0.25) is 4.79 Å². The predicted molar refractivity (Wildman–Crippen MR) is 64.3 cm³/mol. The summed E-state index contributed by atoms with van der Waals surface area (Å²) in [5, 5.41) is 2.66. The number of hydrogen-bond acceptors (Lipinski definition) is 3. The number of amides is 2. The quantitative estimate of drug-likeness (QED) is 0.761. The van der Waals surface area contributed by atoms with Crippen LogP contribution in [-0.2, 0) is 9.53 Å². The van der Waals surface area contributed by atoms with E-state index < -0.39 is 0 Å². The van der Waals surface area contributed by atoms with Crippen LogP contribution in [0.5, 0.6) is 0 Å². The lowest BCUT2D eigenvalue weighted by atomic mass is 9.97. The lowest BCUT2D eigenvalue weighted by Gasteiger charge is -2.30.